The topological polar surface area (TPSA) is 35.9 Å². The van der Waals surface area contributed by atoms with E-state index in [4.69, 9.17) is 4.74 Å². The van der Waals surface area contributed by atoms with Crippen LogP contribution >= 0.6 is 0 Å². The van der Waals surface area contributed by atoms with Gasteiger partial charge >= 0.3 is 0 Å². The summed E-state index contributed by atoms with van der Waals surface area (Å²) in [6.07, 6.45) is 3.43. The molecule has 4 heteroatoms. The number of β-amino-alcohol motifs (C(OH)–C–C–N with tert-alkyl or cyclic N) is 1. The Balaban J connectivity index is 1.48. The predicted molar refractivity (Wildman–Crippen MR) is 97.5 cm³/mol. The van der Waals surface area contributed by atoms with Gasteiger partial charge in [0.15, 0.2) is 0 Å². The van der Waals surface area contributed by atoms with Gasteiger partial charge < -0.3 is 9.84 Å². The van der Waals surface area contributed by atoms with Crippen molar-refractivity contribution in [2.24, 2.45) is 0 Å². The summed E-state index contributed by atoms with van der Waals surface area (Å²) in [7, 11) is 0. The third kappa shape index (κ3) is 4.29. The normalized spacial score (nSPS) is 26.5. The van der Waals surface area contributed by atoms with Gasteiger partial charge in [0.05, 0.1) is 0 Å². The van der Waals surface area contributed by atoms with Gasteiger partial charge in [-0.3, -0.25) is 9.80 Å². The second-order valence-corrected chi connectivity index (χ2v) is 7.75. The van der Waals surface area contributed by atoms with Gasteiger partial charge in [0.1, 0.15) is 18.5 Å². The molecule has 2 heterocycles. The summed E-state index contributed by atoms with van der Waals surface area (Å²) in [5.41, 5.74) is 1.22. The number of ether oxygens (including phenoxy) is 1. The molecule has 0 radical (unpaired) electrons. The third-order valence-electron chi connectivity index (χ3n) is 5.45. The van der Waals surface area contributed by atoms with Crippen molar-refractivity contribution in [1.29, 1.82) is 0 Å². The number of benzene rings is 1. The smallest absolute Gasteiger partial charge is 0.119 e. The Labute approximate surface area is 146 Å². The maximum Gasteiger partial charge on any atom is 0.119 e. The van der Waals surface area contributed by atoms with E-state index in [9.17, 15) is 5.11 Å². The van der Waals surface area contributed by atoms with Crippen LogP contribution in [0.1, 0.15) is 38.7 Å². The minimum absolute atomic E-state index is 0.363. The summed E-state index contributed by atoms with van der Waals surface area (Å²) in [6, 6.07) is 10.0. The molecule has 24 heavy (non-hydrogen) atoms. The van der Waals surface area contributed by atoms with Crippen LogP contribution in [0.5, 0.6) is 5.75 Å². The Bertz CT molecular complexity index is 517. The molecule has 2 aliphatic heterocycles. The van der Waals surface area contributed by atoms with Gasteiger partial charge in [0.2, 0.25) is 0 Å². The first-order valence-electron chi connectivity index (χ1n) is 9.40. The zero-order valence-corrected chi connectivity index (χ0v) is 15.3. The molecule has 3 atom stereocenters. The number of hydrogen-bond donors (Lipinski definition) is 1. The summed E-state index contributed by atoms with van der Waals surface area (Å²) in [4.78, 5) is 5.14. The van der Waals surface area contributed by atoms with Crippen LogP contribution in [0.15, 0.2) is 24.3 Å². The van der Waals surface area contributed by atoms with Crippen LogP contribution in [0.2, 0.25) is 0 Å². The number of rotatable bonds is 6. The average Bonchev–Trinajstić information content (AvgIpc) is 2.84. The van der Waals surface area contributed by atoms with E-state index in [-0.39, 0.29) is 0 Å². The van der Waals surface area contributed by atoms with Crippen molar-refractivity contribution in [3.05, 3.63) is 29.8 Å². The number of aryl methyl sites for hydroxylation is 1. The maximum absolute atomic E-state index is 10.4. The summed E-state index contributed by atoms with van der Waals surface area (Å²) in [5, 5.41) is 10.4. The van der Waals surface area contributed by atoms with Gasteiger partial charge in [-0.05, 0) is 58.7 Å². The molecular formula is C20H32N2O2. The predicted octanol–water partition coefficient (Wildman–Crippen LogP) is 2.68. The molecule has 0 aromatic heterocycles. The Morgan fingerprint density at radius 3 is 2.54 bits per heavy atom. The van der Waals surface area contributed by atoms with Crippen LogP contribution in [0.25, 0.3) is 0 Å². The van der Waals surface area contributed by atoms with Gasteiger partial charge in [0.25, 0.3) is 0 Å². The van der Waals surface area contributed by atoms with E-state index in [1.807, 2.05) is 24.3 Å². The molecule has 3 unspecified atom stereocenters. The van der Waals surface area contributed by atoms with Crippen molar-refractivity contribution in [1.82, 2.24) is 9.80 Å². The molecule has 3 rings (SSSR count). The van der Waals surface area contributed by atoms with Crippen molar-refractivity contribution >= 4 is 0 Å². The fraction of sp³-hybridized carbons (Fsp3) is 0.700. The van der Waals surface area contributed by atoms with Crippen molar-refractivity contribution < 1.29 is 9.84 Å². The highest BCUT2D eigenvalue weighted by Crippen LogP contribution is 2.31. The number of aliphatic hydroxyl groups excluding tert-OH is 1. The van der Waals surface area contributed by atoms with E-state index >= 15 is 0 Å². The van der Waals surface area contributed by atoms with Crippen molar-refractivity contribution in [3.8, 4) is 5.75 Å². The quantitative estimate of drug-likeness (QED) is 0.869. The SMILES string of the molecule is Cc1ccc(OCC(O)CN2CCC3CCC(C2)N3C(C)C)cc1. The zero-order valence-electron chi connectivity index (χ0n) is 15.3. The Hall–Kier alpha value is -1.10. The Morgan fingerprint density at radius 1 is 1.12 bits per heavy atom. The van der Waals surface area contributed by atoms with E-state index in [1.54, 1.807) is 0 Å². The molecule has 0 spiro atoms. The first kappa shape index (κ1) is 17.7. The lowest BCUT2D eigenvalue weighted by Gasteiger charge is -2.32. The van der Waals surface area contributed by atoms with Crippen molar-refractivity contribution in [2.75, 3.05) is 26.2 Å². The molecule has 2 saturated heterocycles. The first-order valence-corrected chi connectivity index (χ1v) is 9.40. The van der Waals surface area contributed by atoms with Crippen LogP contribution in [0.4, 0.5) is 0 Å². The van der Waals surface area contributed by atoms with E-state index in [0.717, 1.165) is 24.9 Å². The standard InChI is InChI=1S/C20H32N2O2/c1-15(2)22-17-6-7-18(22)12-21(11-10-17)13-19(23)14-24-20-8-4-16(3)5-9-20/h4-5,8-9,15,17-19,23H,6-7,10-14H2,1-3H3. The largest absolute Gasteiger partial charge is 0.491 e. The van der Waals surface area contributed by atoms with Gasteiger partial charge in [-0.1, -0.05) is 17.7 Å². The number of fused-ring (bicyclic) bond motifs is 2. The summed E-state index contributed by atoms with van der Waals surface area (Å²) >= 11 is 0. The zero-order chi connectivity index (χ0) is 17.1. The Kier molecular flexibility index (Phi) is 5.80. The fourth-order valence-electron chi connectivity index (χ4n) is 4.37. The van der Waals surface area contributed by atoms with Crippen molar-refractivity contribution in [2.45, 2.75) is 64.3 Å². The number of likely N-dealkylation sites (tertiary alicyclic amines) is 1. The van der Waals surface area contributed by atoms with Gasteiger partial charge in [-0.2, -0.15) is 0 Å². The van der Waals surface area contributed by atoms with Crippen LogP contribution < -0.4 is 4.74 Å². The number of aliphatic hydroxyl groups is 1. The summed E-state index contributed by atoms with van der Waals surface area (Å²) < 4.78 is 5.73. The van der Waals surface area contributed by atoms with Crippen LogP contribution in [0, 0.1) is 6.92 Å². The third-order valence-corrected chi connectivity index (χ3v) is 5.45. The van der Waals surface area contributed by atoms with Gasteiger partial charge in [-0.25, -0.2) is 0 Å². The number of nitrogens with zero attached hydrogens (tertiary/aromatic N) is 2. The second-order valence-electron chi connectivity index (χ2n) is 7.75. The van der Waals surface area contributed by atoms with Crippen LogP contribution in [0.3, 0.4) is 0 Å². The monoisotopic (exact) mass is 332 g/mol. The van der Waals surface area contributed by atoms with Crippen LogP contribution in [-0.2, 0) is 0 Å². The molecule has 0 aliphatic carbocycles. The summed E-state index contributed by atoms with van der Waals surface area (Å²) in [5.74, 6) is 0.834. The molecule has 1 aromatic rings. The van der Waals surface area contributed by atoms with E-state index < -0.39 is 6.10 Å². The Morgan fingerprint density at radius 2 is 1.83 bits per heavy atom. The van der Waals surface area contributed by atoms with Crippen LogP contribution in [-0.4, -0.2) is 65.4 Å². The van der Waals surface area contributed by atoms with Crippen molar-refractivity contribution in [3.63, 3.8) is 0 Å². The van der Waals surface area contributed by atoms with Gasteiger partial charge in [-0.15, -0.1) is 0 Å². The number of hydrogen-bond acceptors (Lipinski definition) is 4. The molecule has 2 bridgehead atoms. The molecular weight excluding hydrogens is 300 g/mol. The first-order chi connectivity index (χ1) is 11.5. The highest BCUT2D eigenvalue weighted by atomic mass is 16.5. The molecule has 4 nitrogen and oxygen atoms in total. The van der Waals surface area contributed by atoms with Gasteiger partial charge in [0, 0.05) is 31.2 Å². The van der Waals surface area contributed by atoms with E-state index in [0.29, 0.717) is 25.2 Å². The molecule has 134 valence electrons. The highest BCUT2D eigenvalue weighted by Gasteiger charge is 2.38. The average molecular weight is 332 g/mol. The van der Waals surface area contributed by atoms with E-state index in [1.165, 1.54) is 24.8 Å². The molecule has 2 fully saturated rings. The lowest BCUT2D eigenvalue weighted by molar-refractivity contribution is 0.0632. The van der Waals surface area contributed by atoms with E-state index in [2.05, 4.69) is 30.6 Å². The molecule has 2 aliphatic rings. The summed E-state index contributed by atoms with van der Waals surface area (Å²) in [6.45, 7) is 9.92. The minimum Gasteiger partial charge on any atom is -0.491 e. The molecule has 0 amide bonds. The lowest BCUT2D eigenvalue weighted by Crippen LogP contribution is -2.44. The molecule has 0 saturated carbocycles. The second kappa shape index (κ2) is 7.85. The molecule has 1 N–H and O–H groups in total. The highest BCUT2D eigenvalue weighted by molar-refractivity contribution is 5.26. The maximum atomic E-state index is 10.4. The lowest BCUT2D eigenvalue weighted by atomic mass is 10.1. The fourth-order valence-corrected chi connectivity index (χ4v) is 4.37. The molecule has 1 aromatic carbocycles. The minimum atomic E-state index is -0.435.